The summed E-state index contributed by atoms with van der Waals surface area (Å²) in [6.45, 7) is 4.07. The van der Waals surface area contributed by atoms with Crippen LogP contribution >= 0.6 is 11.3 Å². The number of benzene rings is 2. The number of nitrogen functional groups attached to an aromatic ring is 1. The van der Waals surface area contributed by atoms with Crippen LogP contribution in [0.3, 0.4) is 0 Å². The lowest BCUT2D eigenvalue weighted by atomic mass is 10.0. The van der Waals surface area contributed by atoms with Gasteiger partial charge in [0.1, 0.15) is 9.71 Å². The Morgan fingerprint density at radius 2 is 1.72 bits per heavy atom. The number of aryl methyl sites for hydroxylation is 2. The average molecular weight is 407 g/mol. The normalized spacial score (nSPS) is 11.0. The van der Waals surface area contributed by atoms with Crippen LogP contribution in [0, 0.1) is 13.8 Å². The summed E-state index contributed by atoms with van der Waals surface area (Å²) in [6.07, 6.45) is 0. The van der Waals surface area contributed by atoms with E-state index in [1.54, 1.807) is 32.4 Å². The predicted molar refractivity (Wildman–Crippen MR) is 119 cm³/mol. The predicted octanol–water partition coefficient (Wildman–Crippen LogP) is 4.92. The van der Waals surface area contributed by atoms with Crippen LogP contribution in [-0.4, -0.2) is 25.1 Å². The van der Waals surface area contributed by atoms with Crippen molar-refractivity contribution < 1.29 is 14.3 Å². The fraction of sp³-hybridized carbons (Fsp3) is 0.182. The molecular formula is C22H21N3O3S. The molecule has 0 saturated heterocycles. The molecule has 0 radical (unpaired) electrons. The van der Waals surface area contributed by atoms with E-state index in [0.717, 1.165) is 32.2 Å². The molecule has 0 aliphatic heterocycles. The van der Waals surface area contributed by atoms with E-state index in [-0.39, 0.29) is 5.91 Å². The maximum Gasteiger partial charge on any atom is 0.267 e. The van der Waals surface area contributed by atoms with Crippen molar-refractivity contribution >= 4 is 49.7 Å². The van der Waals surface area contributed by atoms with Gasteiger partial charge in [0.05, 0.1) is 25.4 Å². The number of thiophene rings is 1. The standard InChI is InChI=1S/C22H21N3O3S/c1-11-5-6-12(2)19-14(11)10-15-18(23)20(29-22(15)25-19)21(26)24-13-7-8-16(27-3)17(9-13)28-4/h5-10H,23H2,1-4H3,(H,24,26). The Morgan fingerprint density at radius 1 is 1.00 bits per heavy atom. The molecule has 0 aliphatic rings. The quantitative estimate of drug-likeness (QED) is 0.501. The zero-order valence-electron chi connectivity index (χ0n) is 16.6. The van der Waals surface area contributed by atoms with Crippen molar-refractivity contribution in [3.8, 4) is 11.5 Å². The van der Waals surface area contributed by atoms with Crippen LogP contribution in [0.1, 0.15) is 20.8 Å². The highest BCUT2D eigenvalue weighted by Gasteiger charge is 2.19. The van der Waals surface area contributed by atoms with E-state index in [1.165, 1.54) is 11.3 Å². The second-order valence-electron chi connectivity index (χ2n) is 6.81. The molecule has 2 aromatic carbocycles. The number of nitrogens with two attached hydrogens (primary N) is 1. The molecule has 2 aromatic heterocycles. The number of carbonyl (C=O) groups excluding carboxylic acids is 1. The van der Waals surface area contributed by atoms with Gasteiger partial charge in [-0.25, -0.2) is 4.98 Å². The van der Waals surface area contributed by atoms with Gasteiger partial charge in [0.15, 0.2) is 11.5 Å². The van der Waals surface area contributed by atoms with E-state index in [9.17, 15) is 4.79 Å². The number of fused-ring (bicyclic) bond motifs is 2. The summed E-state index contributed by atoms with van der Waals surface area (Å²) in [7, 11) is 3.11. The highest BCUT2D eigenvalue weighted by atomic mass is 32.1. The van der Waals surface area contributed by atoms with Crippen molar-refractivity contribution in [2.45, 2.75) is 13.8 Å². The van der Waals surface area contributed by atoms with Crippen molar-refractivity contribution in [1.29, 1.82) is 0 Å². The summed E-state index contributed by atoms with van der Waals surface area (Å²) >= 11 is 1.29. The second kappa shape index (κ2) is 7.25. The van der Waals surface area contributed by atoms with Crippen LogP contribution in [0.5, 0.6) is 11.5 Å². The molecule has 29 heavy (non-hydrogen) atoms. The lowest BCUT2D eigenvalue weighted by Crippen LogP contribution is -2.12. The van der Waals surface area contributed by atoms with Crippen LogP contribution in [0.15, 0.2) is 36.4 Å². The molecule has 0 saturated carbocycles. The Morgan fingerprint density at radius 3 is 2.45 bits per heavy atom. The minimum Gasteiger partial charge on any atom is -0.493 e. The highest BCUT2D eigenvalue weighted by molar-refractivity contribution is 7.21. The highest BCUT2D eigenvalue weighted by Crippen LogP contribution is 2.37. The number of amides is 1. The molecule has 0 atom stereocenters. The summed E-state index contributed by atoms with van der Waals surface area (Å²) in [5.41, 5.74) is 10.5. The smallest absolute Gasteiger partial charge is 0.267 e. The molecule has 0 spiro atoms. The number of carbonyl (C=O) groups is 1. The molecule has 2 heterocycles. The third kappa shape index (κ3) is 3.23. The molecule has 3 N–H and O–H groups in total. The number of hydrogen-bond donors (Lipinski definition) is 2. The number of hydrogen-bond acceptors (Lipinski definition) is 6. The Hall–Kier alpha value is -3.32. The molecular weight excluding hydrogens is 386 g/mol. The van der Waals surface area contributed by atoms with Gasteiger partial charge < -0.3 is 20.5 Å². The zero-order chi connectivity index (χ0) is 20.7. The lowest BCUT2D eigenvalue weighted by Gasteiger charge is -2.10. The van der Waals surface area contributed by atoms with Gasteiger partial charge in [-0.1, -0.05) is 12.1 Å². The minimum atomic E-state index is -0.282. The van der Waals surface area contributed by atoms with Gasteiger partial charge in [-0.3, -0.25) is 4.79 Å². The van der Waals surface area contributed by atoms with E-state index in [4.69, 9.17) is 20.2 Å². The summed E-state index contributed by atoms with van der Waals surface area (Å²) < 4.78 is 10.5. The summed E-state index contributed by atoms with van der Waals surface area (Å²) in [5.74, 6) is 0.845. The molecule has 4 rings (SSSR count). The van der Waals surface area contributed by atoms with Crippen molar-refractivity contribution in [3.05, 3.63) is 52.4 Å². The van der Waals surface area contributed by atoms with Crippen molar-refractivity contribution in [1.82, 2.24) is 4.98 Å². The number of nitrogens with one attached hydrogen (secondary N) is 1. The first-order chi connectivity index (χ1) is 13.9. The number of methoxy groups -OCH3 is 2. The minimum absolute atomic E-state index is 0.282. The molecule has 6 nitrogen and oxygen atoms in total. The van der Waals surface area contributed by atoms with Gasteiger partial charge in [-0.2, -0.15) is 0 Å². The van der Waals surface area contributed by atoms with Gasteiger partial charge in [-0.05, 0) is 43.2 Å². The monoisotopic (exact) mass is 407 g/mol. The topological polar surface area (TPSA) is 86.5 Å². The maximum absolute atomic E-state index is 12.9. The van der Waals surface area contributed by atoms with Crippen LogP contribution in [-0.2, 0) is 0 Å². The molecule has 0 fully saturated rings. The molecule has 0 aliphatic carbocycles. The Labute approximate surface area is 172 Å². The van der Waals surface area contributed by atoms with Crippen molar-refractivity contribution in [2.24, 2.45) is 0 Å². The zero-order valence-corrected chi connectivity index (χ0v) is 17.4. The van der Waals surface area contributed by atoms with Gasteiger partial charge in [0.25, 0.3) is 5.91 Å². The average Bonchev–Trinajstić information content (AvgIpc) is 3.05. The SMILES string of the molecule is COc1ccc(NC(=O)c2sc3nc4c(C)ccc(C)c4cc3c2N)cc1OC. The Balaban J connectivity index is 1.75. The van der Waals surface area contributed by atoms with E-state index >= 15 is 0 Å². The van der Waals surface area contributed by atoms with Gasteiger partial charge >= 0.3 is 0 Å². The fourth-order valence-electron chi connectivity index (χ4n) is 3.33. The number of ether oxygens (including phenoxy) is 2. The fourth-order valence-corrected chi connectivity index (χ4v) is 4.30. The molecule has 4 aromatic rings. The van der Waals surface area contributed by atoms with Crippen molar-refractivity contribution in [3.63, 3.8) is 0 Å². The van der Waals surface area contributed by atoms with Gasteiger partial charge in [0, 0.05) is 22.5 Å². The largest absolute Gasteiger partial charge is 0.493 e. The van der Waals surface area contributed by atoms with Gasteiger partial charge in [0.2, 0.25) is 0 Å². The molecule has 7 heteroatoms. The number of anilines is 2. The van der Waals surface area contributed by atoms with Gasteiger partial charge in [-0.15, -0.1) is 11.3 Å². The van der Waals surface area contributed by atoms with Crippen LogP contribution in [0.4, 0.5) is 11.4 Å². The molecule has 148 valence electrons. The third-order valence-electron chi connectivity index (χ3n) is 4.95. The summed E-state index contributed by atoms with van der Waals surface area (Å²) in [4.78, 5) is 18.9. The van der Waals surface area contributed by atoms with Crippen molar-refractivity contribution in [2.75, 3.05) is 25.3 Å². The lowest BCUT2D eigenvalue weighted by molar-refractivity contribution is 0.103. The first kappa shape index (κ1) is 19.0. The first-order valence-electron chi connectivity index (χ1n) is 9.05. The molecule has 1 amide bonds. The number of aromatic nitrogens is 1. The van der Waals surface area contributed by atoms with E-state index in [2.05, 4.69) is 17.4 Å². The Kier molecular flexibility index (Phi) is 4.76. The summed E-state index contributed by atoms with van der Waals surface area (Å²) in [5, 5.41) is 4.73. The van der Waals surface area contributed by atoms with Crippen LogP contribution in [0.25, 0.3) is 21.1 Å². The molecule has 0 bridgehead atoms. The van der Waals surface area contributed by atoms with E-state index in [1.807, 2.05) is 19.9 Å². The van der Waals surface area contributed by atoms with E-state index < -0.39 is 0 Å². The van der Waals surface area contributed by atoms with Crippen LogP contribution < -0.4 is 20.5 Å². The number of pyridine rings is 1. The third-order valence-corrected chi connectivity index (χ3v) is 6.06. The Bertz CT molecular complexity index is 1260. The van der Waals surface area contributed by atoms with Crippen LogP contribution in [0.2, 0.25) is 0 Å². The van der Waals surface area contributed by atoms with E-state index in [0.29, 0.717) is 27.8 Å². The number of nitrogens with zero attached hydrogens (tertiary/aromatic N) is 1. The molecule has 0 unspecified atom stereocenters. The summed E-state index contributed by atoms with van der Waals surface area (Å²) in [6, 6.07) is 11.3. The number of rotatable bonds is 4. The second-order valence-corrected chi connectivity index (χ2v) is 7.80. The maximum atomic E-state index is 12.9. The first-order valence-corrected chi connectivity index (χ1v) is 9.87.